The second-order valence-electron chi connectivity index (χ2n) is 4.91. The fourth-order valence-corrected chi connectivity index (χ4v) is 2.10. The second kappa shape index (κ2) is 6.91. The lowest BCUT2D eigenvalue weighted by molar-refractivity contribution is -0.142. The van der Waals surface area contributed by atoms with Crippen molar-refractivity contribution >= 4 is 0 Å². The van der Waals surface area contributed by atoms with Crippen LogP contribution >= 0.6 is 0 Å². The fourth-order valence-electron chi connectivity index (χ4n) is 2.10. The Morgan fingerprint density at radius 1 is 1.23 bits per heavy atom. The van der Waals surface area contributed by atoms with Crippen molar-refractivity contribution in [3.63, 3.8) is 0 Å². The molecule has 0 saturated heterocycles. The SMILES string of the molecule is Cc1nnc(CCCn2cc(CCCO)c(C(F)(F)F)n2)o1. The largest absolute Gasteiger partial charge is 0.435 e. The Hall–Kier alpha value is -1.90. The summed E-state index contributed by atoms with van der Waals surface area (Å²) in [6, 6.07) is 0. The van der Waals surface area contributed by atoms with Crippen molar-refractivity contribution in [3.05, 3.63) is 29.2 Å². The molecule has 122 valence electrons. The maximum absolute atomic E-state index is 12.9. The number of aliphatic hydroxyl groups excluding tert-OH is 1. The molecule has 2 aromatic rings. The van der Waals surface area contributed by atoms with E-state index in [9.17, 15) is 13.2 Å². The molecule has 2 aromatic heterocycles. The smallest absolute Gasteiger partial charge is 0.426 e. The predicted octanol–water partition coefficient (Wildman–Crippen LogP) is 2.15. The molecule has 22 heavy (non-hydrogen) atoms. The van der Waals surface area contributed by atoms with E-state index >= 15 is 0 Å². The molecule has 0 aromatic carbocycles. The van der Waals surface area contributed by atoms with Crippen molar-refractivity contribution in [3.8, 4) is 0 Å². The number of aryl methyl sites for hydroxylation is 4. The summed E-state index contributed by atoms with van der Waals surface area (Å²) >= 11 is 0. The highest BCUT2D eigenvalue weighted by molar-refractivity contribution is 5.20. The Kier molecular flexibility index (Phi) is 5.17. The average molecular weight is 318 g/mol. The molecule has 0 saturated carbocycles. The quantitative estimate of drug-likeness (QED) is 0.846. The van der Waals surface area contributed by atoms with Gasteiger partial charge in [-0.15, -0.1) is 10.2 Å². The van der Waals surface area contributed by atoms with Crippen LogP contribution in [0.4, 0.5) is 13.2 Å². The minimum atomic E-state index is -4.49. The van der Waals surface area contributed by atoms with E-state index in [1.807, 2.05) is 0 Å². The molecule has 0 bridgehead atoms. The zero-order valence-corrected chi connectivity index (χ0v) is 12.1. The van der Waals surface area contributed by atoms with Gasteiger partial charge in [0.15, 0.2) is 5.69 Å². The van der Waals surface area contributed by atoms with Gasteiger partial charge in [-0.2, -0.15) is 18.3 Å². The molecule has 0 aliphatic carbocycles. The molecule has 0 fully saturated rings. The number of nitrogens with zero attached hydrogens (tertiary/aromatic N) is 4. The van der Waals surface area contributed by atoms with E-state index in [0.717, 1.165) is 0 Å². The summed E-state index contributed by atoms with van der Waals surface area (Å²) in [5.41, 5.74) is -0.773. The molecule has 0 aliphatic rings. The zero-order valence-electron chi connectivity index (χ0n) is 12.1. The fraction of sp³-hybridized carbons (Fsp3) is 0.615. The van der Waals surface area contributed by atoms with Crippen LogP contribution < -0.4 is 0 Å². The summed E-state index contributed by atoms with van der Waals surface area (Å²) in [5, 5.41) is 19.9. The second-order valence-corrected chi connectivity index (χ2v) is 4.91. The Balaban J connectivity index is 1.99. The van der Waals surface area contributed by atoms with Crippen LogP contribution in [0.2, 0.25) is 0 Å². The summed E-state index contributed by atoms with van der Waals surface area (Å²) in [5.74, 6) is 0.918. The minimum Gasteiger partial charge on any atom is -0.426 e. The average Bonchev–Trinajstić information content (AvgIpc) is 3.02. The summed E-state index contributed by atoms with van der Waals surface area (Å²) in [6.07, 6.45) is -1.66. The van der Waals surface area contributed by atoms with Crippen molar-refractivity contribution in [2.45, 2.75) is 45.3 Å². The number of hydrogen-bond acceptors (Lipinski definition) is 5. The van der Waals surface area contributed by atoms with Crippen LogP contribution in [0.5, 0.6) is 0 Å². The van der Waals surface area contributed by atoms with Crippen LogP contribution in [0.1, 0.15) is 35.9 Å². The van der Waals surface area contributed by atoms with Gasteiger partial charge < -0.3 is 9.52 Å². The van der Waals surface area contributed by atoms with E-state index in [4.69, 9.17) is 9.52 Å². The highest BCUT2D eigenvalue weighted by Crippen LogP contribution is 2.31. The van der Waals surface area contributed by atoms with Gasteiger partial charge >= 0.3 is 6.18 Å². The van der Waals surface area contributed by atoms with Gasteiger partial charge in [-0.25, -0.2) is 0 Å². The number of alkyl halides is 3. The van der Waals surface area contributed by atoms with Gasteiger partial charge in [0.25, 0.3) is 0 Å². The van der Waals surface area contributed by atoms with E-state index in [1.165, 1.54) is 10.9 Å². The van der Waals surface area contributed by atoms with Gasteiger partial charge in [0.1, 0.15) is 0 Å². The molecule has 0 atom stereocenters. The monoisotopic (exact) mass is 318 g/mol. The van der Waals surface area contributed by atoms with E-state index in [-0.39, 0.29) is 25.0 Å². The van der Waals surface area contributed by atoms with Gasteiger partial charge in [0, 0.05) is 38.3 Å². The molecule has 9 heteroatoms. The molecule has 2 rings (SSSR count). The lowest BCUT2D eigenvalue weighted by atomic mass is 10.1. The maximum atomic E-state index is 12.9. The molecular weight excluding hydrogens is 301 g/mol. The number of hydrogen-bond donors (Lipinski definition) is 1. The molecule has 0 aliphatic heterocycles. The normalized spacial score (nSPS) is 12.0. The third-order valence-corrected chi connectivity index (χ3v) is 3.06. The number of rotatable bonds is 7. The van der Waals surface area contributed by atoms with Crippen LogP contribution in [-0.2, 0) is 25.6 Å². The minimum absolute atomic E-state index is 0.107. The first-order valence-electron chi connectivity index (χ1n) is 6.93. The van der Waals surface area contributed by atoms with E-state index < -0.39 is 11.9 Å². The molecule has 2 heterocycles. The van der Waals surface area contributed by atoms with Crippen LogP contribution in [0.25, 0.3) is 0 Å². The van der Waals surface area contributed by atoms with Crippen molar-refractivity contribution < 1.29 is 22.7 Å². The highest BCUT2D eigenvalue weighted by Gasteiger charge is 2.36. The third kappa shape index (κ3) is 4.30. The molecular formula is C13H17F3N4O2. The third-order valence-electron chi connectivity index (χ3n) is 3.06. The van der Waals surface area contributed by atoms with E-state index in [1.54, 1.807) is 6.92 Å². The van der Waals surface area contributed by atoms with Crippen LogP contribution in [0.3, 0.4) is 0 Å². The van der Waals surface area contributed by atoms with Crippen LogP contribution in [0, 0.1) is 6.92 Å². The first kappa shape index (κ1) is 16.5. The first-order chi connectivity index (χ1) is 10.4. The summed E-state index contributed by atoms with van der Waals surface area (Å²) in [6.45, 7) is 1.84. The van der Waals surface area contributed by atoms with E-state index in [2.05, 4.69) is 15.3 Å². The number of aromatic nitrogens is 4. The molecule has 0 unspecified atom stereocenters. The van der Waals surface area contributed by atoms with Gasteiger partial charge in [0.2, 0.25) is 11.8 Å². The Morgan fingerprint density at radius 3 is 2.59 bits per heavy atom. The van der Waals surface area contributed by atoms with Crippen LogP contribution in [0.15, 0.2) is 10.6 Å². The zero-order chi connectivity index (χ0) is 16.2. The summed E-state index contributed by atoms with van der Waals surface area (Å²) in [4.78, 5) is 0. The van der Waals surface area contributed by atoms with Crippen LogP contribution in [-0.4, -0.2) is 31.7 Å². The lowest BCUT2D eigenvalue weighted by Gasteiger charge is -2.04. The number of halogens is 3. The molecule has 0 spiro atoms. The van der Waals surface area contributed by atoms with Gasteiger partial charge in [-0.3, -0.25) is 4.68 Å². The van der Waals surface area contributed by atoms with Gasteiger partial charge in [0.05, 0.1) is 0 Å². The summed E-state index contributed by atoms with van der Waals surface area (Å²) < 4.78 is 45.2. The first-order valence-corrected chi connectivity index (χ1v) is 6.93. The van der Waals surface area contributed by atoms with Crippen molar-refractivity contribution in [2.75, 3.05) is 6.61 Å². The molecule has 1 N–H and O–H groups in total. The lowest BCUT2D eigenvalue weighted by Crippen LogP contribution is -2.10. The topological polar surface area (TPSA) is 77.0 Å². The van der Waals surface area contributed by atoms with Gasteiger partial charge in [-0.05, 0) is 19.3 Å². The predicted molar refractivity (Wildman–Crippen MR) is 70.0 cm³/mol. The Morgan fingerprint density at radius 2 is 2.00 bits per heavy atom. The van der Waals surface area contributed by atoms with Crippen molar-refractivity contribution in [2.24, 2.45) is 0 Å². The Labute approximate surface area is 125 Å². The van der Waals surface area contributed by atoms with Crippen molar-refractivity contribution in [1.29, 1.82) is 0 Å². The summed E-state index contributed by atoms with van der Waals surface area (Å²) in [7, 11) is 0. The van der Waals surface area contributed by atoms with Crippen molar-refractivity contribution in [1.82, 2.24) is 20.0 Å². The Bertz CT molecular complexity index is 607. The standard InChI is InChI=1S/C13H17F3N4O2/c1-9-17-18-11(22-9)5-2-6-20-8-10(4-3-7-21)12(19-20)13(14,15)16/h8,21H,2-7H2,1H3. The molecule has 0 amide bonds. The maximum Gasteiger partial charge on any atom is 0.435 e. The highest BCUT2D eigenvalue weighted by atomic mass is 19.4. The molecule has 0 radical (unpaired) electrons. The van der Waals surface area contributed by atoms with Gasteiger partial charge in [-0.1, -0.05) is 0 Å². The van der Waals surface area contributed by atoms with E-state index in [0.29, 0.717) is 31.2 Å². The number of aliphatic hydroxyl groups is 1. The molecule has 6 nitrogen and oxygen atoms in total.